The molecule has 0 fully saturated rings. The van der Waals surface area contributed by atoms with Gasteiger partial charge in [0.15, 0.2) is 5.84 Å². The Morgan fingerprint density at radius 1 is 1.32 bits per heavy atom. The number of benzene rings is 1. The van der Waals surface area contributed by atoms with Crippen molar-refractivity contribution in [3.05, 3.63) is 58.3 Å². The number of rotatable bonds is 4. The Bertz CT molecular complexity index is 588. The lowest BCUT2D eigenvalue weighted by Crippen LogP contribution is -2.15. The van der Waals surface area contributed by atoms with Gasteiger partial charge in [0.1, 0.15) is 12.4 Å². The van der Waals surface area contributed by atoms with Gasteiger partial charge in [-0.05, 0) is 35.9 Å². The van der Waals surface area contributed by atoms with Crippen LogP contribution < -0.4 is 10.5 Å². The second-order valence-electron chi connectivity index (χ2n) is 3.77. The average molecular weight is 322 g/mol. The number of oxime groups is 1. The van der Waals surface area contributed by atoms with E-state index >= 15 is 0 Å². The zero-order chi connectivity index (χ0) is 13.7. The van der Waals surface area contributed by atoms with Crippen LogP contribution in [0.3, 0.4) is 0 Å². The van der Waals surface area contributed by atoms with Crippen molar-refractivity contribution in [2.75, 3.05) is 0 Å². The highest BCUT2D eigenvalue weighted by Gasteiger charge is 2.09. The lowest BCUT2D eigenvalue weighted by atomic mass is 10.2. The van der Waals surface area contributed by atoms with Gasteiger partial charge in [-0.1, -0.05) is 21.1 Å². The lowest BCUT2D eigenvalue weighted by molar-refractivity contribution is 0.303. The van der Waals surface area contributed by atoms with E-state index in [0.717, 1.165) is 10.0 Å². The summed E-state index contributed by atoms with van der Waals surface area (Å²) in [7, 11) is 0. The number of amidine groups is 1. The van der Waals surface area contributed by atoms with E-state index in [1.54, 1.807) is 24.5 Å². The third-order valence-electron chi connectivity index (χ3n) is 2.47. The van der Waals surface area contributed by atoms with Crippen molar-refractivity contribution in [2.45, 2.75) is 6.61 Å². The van der Waals surface area contributed by atoms with E-state index < -0.39 is 0 Å². The molecule has 0 aliphatic heterocycles. The van der Waals surface area contributed by atoms with Crippen molar-refractivity contribution in [2.24, 2.45) is 10.9 Å². The SMILES string of the molecule is N/C(=N/O)c1cc(Br)ccc1OCc1ccncc1. The van der Waals surface area contributed by atoms with E-state index in [0.29, 0.717) is 17.9 Å². The Balaban J connectivity index is 2.20. The second kappa shape index (κ2) is 6.19. The topological polar surface area (TPSA) is 80.7 Å². The average Bonchev–Trinajstić information content (AvgIpc) is 2.46. The smallest absolute Gasteiger partial charge is 0.173 e. The Morgan fingerprint density at radius 2 is 2.05 bits per heavy atom. The highest BCUT2D eigenvalue weighted by Crippen LogP contribution is 2.24. The van der Waals surface area contributed by atoms with E-state index in [4.69, 9.17) is 15.7 Å². The van der Waals surface area contributed by atoms with Crippen LogP contribution >= 0.6 is 15.9 Å². The predicted octanol–water partition coefficient (Wildman–Crippen LogP) is 2.52. The molecule has 1 aromatic carbocycles. The van der Waals surface area contributed by atoms with Gasteiger partial charge in [-0.3, -0.25) is 4.98 Å². The van der Waals surface area contributed by atoms with E-state index in [-0.39, 0.29) is 5.84 Å². The zero-order valence-electron chi connectivity index (χ0n) is 9.95. The molecule has 0 aliphatic rings. The number of aromatic nitrogens is 1. The summed E-state index contributed by atoms with van der Waals surface area (Å²) >= 11 is 3.33. The van der Waals surface area contributed by atoms with Gasteiger partial charge in [0, 0.05) is 16.9 Å². The van der Waals surface area contributed by atoms with Crippen molar-refractivity contribution < 1.29 is 9.94 Å². The maximum absolute atomic E-state index is 8.77. The molecule has 0 amide bonds. The van der Waals surface area contributed by atoms with Crippen molar-refractivity contribution in [3.63, 3.8) is 0 Å². The first-order valence-corrected chi connectivity index (χ1v) is 6.29. The molecule has 19 heavy (non-hydrogen) atoms. The molecule has 0 unspecified atom stereocenters. The van der Waals surface area contributed by atoms with Crippen LogP contribution in [0.15, 0.2) is 52.4 Å². The number of ether oxygens (including phenoxy) is 1. The standard InChI is InChI=1S/C13H12BrN3O2/c14-10-1-2-12(11(7-10)13(15)17-18)19-8-9-3-5-16-6-4-9/h1-7,18H,8H2,(H2,15,17). The first-order valence-electron chi connectivity index (χ1n) is 5.50. The fraction of sp³-hybridized carbons (Fsp3) is 0.0769. The molecule has 0 saturated heterocycles. The summed E-state index contributed by atoms with van der Waals surface area (Å²) in [6, 6.07) is 9.05. The first-order chi connectivity index (χ1) is 9.20. The Morgan fingerprint density at radius 3 is 2.74 bits per heavy atom. The van der Waals surface area contributed by atoms with Gasteiger partial charge in [-0.25, -0.2) is 0 Å². The number of nitrogens with two attached hydrogens (primary N) is 1. The van der Waals surface area contributed by atoms with Crippen LogP contribution in [0, 0.1) is 0 Å². The fourth-order valence-corrected chi connectivity index (χ4v) is 1.88. The monoisotopic (exact) mass is 321 g/mol. The summed E-state index contributed by atoms with van der Waals surface area (Å²) in [5.41, 5.74) is 7.14. The van der Waals surface area contributed by atoms with Crippen LogP contribution in [-0.2, 0) is 6.61 Å². The molecule has 1 heterocycles. The van der Waals surface area contributed by atoms with E-state index in [9.17, 15) is 0 Å². The Kier molecular flexibility index (Phi) is 4.35. The number of hydrogen-bond acceptors (Lipinski definition) is 4. The van der Waals surface area contributed by atoms with Crippen LogP contribution in [0.5, 0.6) is 5.75 Å². The number of nitrogens with zero attached hydrogens (tertiary/aromatic N) is 2. The molecule has 2 rings (SSSR count). The van der Waals surface area contributed by atoms with E-state index in [1.807, 2.05) is 18.2 Å². The number of halogens is 1. The van der Waals surface area contributed by atoms with Crippen molar-refractivity contribution >= 4 is 21.8 Å². The summed E-state index contributed by atoms with van der Waals surface area (Å²) in [5.74, 6) is 0.557. The van der Waals surface area contributed by atoms with Crippen molar-refractivity contribution in [1.82, 2.24) is 4.98 Å². The molecular weight excluding hydrogens is 310 g/mol. The molecule has 0 atom stereocenters. The van der Waals surface area contributed by atoms with Crippen LogP contribution in [0.25, 0.3) is 0 Å². The molecule has 98 valence electrons. The van der Waals surface area contributed by atoms with Gasteiger partial charge in [-0.2, -0.15) is 0 Å². The molecule has 2 aromatic rings. The van der Waals surface area contributed by atoms with Crippen molar-refractivity contribution in [3.8, 4) is 5.75 Å². The molecule has 3 N–H and O–H groups in total. The molecule has 0 radical (unpaired) electrons. The van der Waals surface area contributed by atoms with Gasteiger partial charge < -0.3 is 15.7 Å². The Labute approximate surface area is 118 Å². The summed E-state index contributed by atoms with van der Waals surface area (Å²) in [6.45, 7) is 0.385. The number of pyridine rings is 1. The first kappa shape index (κ1) is 13.4. The summed E-state index contributed by atoms with van der Waals surface area (Å²) in [5, 5.41) is 11.8. The van der Waals surface area contributed by atoms with Crippen LogP contribution in [0.4, 0.5) is 0 Å². The lowest BCUT2D eigenvalue weighted by Gasteiger charge is -2.11. The van der Waals surface area contributed by atoms with Crippen LogP contribution in [-0.4, -0.2) is 16.0 Å². The molecule has 0 aliphatic carbocycles. The summed E-state index contributed by atoms with van der Waals surface area (Å²) in [4.78, 5) is 3.94. The van der Waals surface area contributed by atoms with Crippen molar-refractivity contribution in [1.29, 1.82) is 0 Å². The summed E-state index contributed by atoms with van der Waals surface area (Å²) in [6.07, 6.45) is 3.40. The Hall–Kier alpha value is -2.08. The fourth-order valence-electron chi connectivity index (χ4n) is 1.52. The number of hydrogen-bond donors (Lipinski definition) is 2. The minimum atomic E-state index is 0.00558. The van der Waals surface area contributed by atoms with Gasteiger partial charge in [-0.15, -0.1) is 0 Å². The van der Waals surface area contributed by atoms with E-state index in [1.165, 1.54) is 0 Å². The van der Waals surface area contributed by atoms with Gasteiger partial charge >= 0.3 is 0 Å². The molecule has 0 bridgehead atoms. The largest absolute Gasteiger partial charge is 0.488 e. The molecule has 1 aromatic heterocycles. The minimum Gasteiger partial charge on any atom is -0.488 e. The molecule has 0 spiro atoms. The zero-order valence-corrected chi connectivity index (χ0v) is 11.5. The maximum atomic E-state index is 8.77. The second-order valence-corrected chi connectivity index (χ2v) is 4.69. The maximum Gasteiger partial charge on any atom is 0.173 e. The van der Waals surface area contributed by atoms with Crippen LogP contribution in [0.2, 0.25) is 0 Å². The molecular formula is C13H12BrN3O2. The predicted molar refractivity (Wildman–Crippen MR) is 75.2 cm³/mol. The van der Waals surface area contributed by atoms with E-state index in [2.05, 4.69) is 26.1 Å². The highest BCUT2D eigenvalue weighted by molar-refractivity contribution is 9.10. The normalized spacial score (nSPS) is 11.3. The van der Waals surface area contributed by atoms with Gasteiger partial charge in [0.2, 0.25) is 0 Å². The minimum absolute atomic E-state index is 0.00558. The van der Waals surface area contributed by atoms with Crippen LogP contribution in [0.1, 0.15) is 11.1 Å². The molecule has 0 saturated carbocycles. The molecule has 6 heteroatoms. The quantitative estimate of drug-likeness (QED) is 0.392. The molecule has 5 nitrogen and oxygen atoms in total. The van der Waals surface area contributed by atoms with Gasteiger partial charge in [0.25, 0.3) is 0 Å². The van der Waals surface area contributed by atoms with Gasteiger partial charge in [0.05, 0.1) is 5.56 Å². The summed E-state index contributed by atoms with van der Waals surface area (Å²) < 4.78 is 6.51. The third-order valence-corrected chi connectivity index (χ3v) is 2.96. The third kappa shape index (κ3) is 3.45. The highest BCUT2D eigenvalue weighted by atomic mass is 79.9.